The SMILES string of the molecule is C1=CCN(CCCOc2ccc(-c3nc4ccc(OCCCN5CC=CCC5)cc4o3)cc2)CC1. The molecule has 35 heavy (non-hydrogen) atoms. The van der Waals surface area contributed by atoms with Crippen LogP contribution in [0, 0.1) is 0 Å². The van der Waals surface area contributed by atoms with E-state index in [0.29, 0.717) is 12.5 Å². The third-order valence-electron chi connectivity index (χ3n) is 6.52. The monoisotopic (exact) mass is 473 g/mol. The Morgan fingerprint density at radius 3 is 2.00 bits per heavy atom. The van der Waals surface area contributed by atoms with Gasteiger partial charge in [-0.2, -0.15) is 0 Å². The Balaban J connectivity index is 1.09. The molecule has 3 aromatic rings. The lowest BCUT2D eigenvalue weighted by Crippen LogP contribution is -2.29. The Morgan fingerprint density at radius 2 is 1.37 bits per heavy atom. The number of rotatable bonds is 11. The first-order chi connectivity index (χ1) is 17.3. The molecule has 0 amide bonds. The number of fused-ring (bicyclic) bond motifs is 1. The quantitative estimate of drug-likeness (QED) is 0.269. The molecule has 0 saturated heterocycles. The first-order valence-electron chi connectivity index (χ1n) is 12.8. The summed E-state index contributed by atoms with van der Waals surface area (Å²) in [5.41, 5.74) is 2.51. The zero-order valence-electron chi connectivity index (χ0n) is 20.4. The molecule has 5 rings (SSSR count). The molecule has 1 aromatic heterocycles. The van der Waals surface area contributed by atoms with Gasteiger partial charge in [-0.3, -0.25) is 9.80 Å². The summed E-state index contributed by atoms with van der Waals surface area (Å²) in [6.45, 7) is 7.97. The van der Waals surface area contributed by atoms with Crippen molar-refractivity contribution in [2.75, 3.05) is 52.5 Å². The van der Waals surface area contributed by atoms with Crippen molar-refractivity contribution >= 4 is 11.1 Å². The summed E-state index contributed by atoms with van der Waals surface area (Å²) in [7, 11) is 0. The van der Waals surface area contributed by atoms with E-state index in [1.165, 1.54) is 0 Å². The maximum atomic E-state index is 6.04. The van der Waals surface area contributed by atoms with Gasteiger partial charge in [-0.15, -0.1) is 0 Å². The highest BCUT2D eigenvalue weighted by atomic mass is 16.5. The maximum Gasteiger partial charge on any atom is 0.227 e. The summed E-state index contributed by atoms with van der Waals surface area (Å²) < 4.78 is 17.9. The normalized spacial score (nSPS) is 16.7. The highest BCUT2D eigenvalue weighted by Gasteiger charge is 2.11. The van der Waals surface area contributed by atoms with E-state index in [0.717, 1.165) is 99.7 Å². The van der Waals surface area contributed by atoms with Gasteiger partial charge in [-0.05, 0) is 62.1 Å². The highest BCUT2D eigenvalue weighted by molar-refractivity contribution is 5.77. The average molecular weight is 474 g/mol. The molecule has 0 fully saturated rings. The van der Waals surface area contributed by atoms with Crippen LogP contribution in [-0.4, -0.2) is 67.3 Å². The molecule has 2 aromatic carbocycles. The van der Waals surface area contributed by atoms with Gasteiger partial charge in [0.1, 0.15) is 17.0 Å². The van der Waals surface area contributed by atoms with Crippen LogP contribution in [0.1, 0.15) is 25.7 Å². The zero-order chi connectivity index (χ0) is 23.7. The highest BCUT2D eigenvalue weighted by Crippen LogP contribution is 2.28. The van der Waals surface area contributed by atoms with E-state index < -0.39 is 0 Å². The second-order valence-electron chi connectivity index (χ2n) is 9.20. The molecule has 184 valence electrons. The second-order valence-corrected chi connectivity index (χ2v) is 9.20. The summed E-state index contributed by atoms with van der Waals surface area (Å²) in [5, 5.41) is 0. The van der Waals surface area contributed by atoms with Gasteiger partial charge in [-0.25, -0.2) is 4.98 Å². The maximum absolute atomic E-state index is 6.04. The van der Waals surface area contributed by atoms with E-state index >= 15 is 0 Å². The summed E-state index contributed by atoms with van der Waals surface area (Å²) in [6.07, 6.45) is 13.4. The molecular formula is C29H35N3O3. The number of hydrogen-bond donors (Lipinski definition) is 0. The van der Waals surface area contributed by atoms with Crippen molar-refractivity contribution in [3.63, 3.8) is 0 Å². The molecule has 0 N–H and O–H groups in total. The Kier molecular flexibility index (Phi) is 8.14. The van der Waals surface area contributed by atoms with E-state index in [1.807, 2.05) is 42.5 Å². The fourth-order valence-corrected chi connectivity index (χ4v) is 4.55. The van der Waals surface area contributed by atoms with E-state index in [9.17, 15) is 0 Å². The molecular weight excluding hydrogens is 438 g/mol. The van der Waals surface area contributed by atoms with Gasteiger partial charge in [0.15, 0.2) is 5.58 Å². The lowest BCUT2D eigenvalue weighted by molar-refractivity contribution is 0.247. The summed E-state index contributed by atoms with van der Waals surface area (Å²) in [6, 6.07) is 13.8. The van der Waals surface area contributed by atoms with Gasteiger partial charge >= 0.3 is 0 Å². The Hall–Kier alpha value is -3.09. The molecule has 0 atom stereocenters. The van der Waals surface area contributed by atoms with Crippen molar-refractivity contribution < 1.29 is 13.9 Å². The van der Waals surface area contributed by atoms with Gasteiger partial charge in [0.2, 0.25) is 5.89 Å². The second kappa shape index (κ2) is 12.0. The van der Waals surface area contributed by atoms with Crippen LogP contribution in [-0.2, 0) is 0 Å². The molecule has 2 aliphatic heterocycles. The topological polar surface area (TPSA) is 51.0 Å². The Bertz CT molecular complexity index is 1140. The standard InChI is InChI=1S/C29H35N3O3/c1-3-15-31(16-4-1)19-7-21-33-25-11-9-24(10-12-25)29-30-27-14-13-26(23-28(27)35-29)34-22-8-20-32-17-5-2-6-18-32/h1-3,5,9-14,23H,4,6-8,15-22H2. The van der Waals surface area contributed by atoms with Crippen molar-refractivity contribution in [2.45, 2.75) is 25.7 Å². The number of aromatic nitrogens is 1. The first kappa shape index (κ1) is 23.6. The van der Waals surface area contributed by atoms with Crippen molar-refractivity contribution in [3.8, 4) is 23.0 Å². The van der Waals surface area contributed by atoms with Gasteiger partial charge in [0.25, 0.3) is 0 Å². The molecule has 0 saturated carbocycles. The van der Waals surface area contributed by atoms with Crippen molar-refractivity contribution in [3.05, 3.63) is 66.8 Å². The van der Waals surface area contributed by atoms with Gasteiger partial charge in [0, 0.05) is 50.9 Å². The van der Waals surface area contributed by atoms with Crippen molar-refractivity contribution in [1.82, 2.24) is 14.8 Å². The smallest absolute Gasteiger partial charge is 0.227 e. The minimum atomic E-state index is 0.611. The average Bonchev–Trinajstić information content (AvgIpc) is 3.34. The lowest BCUT2D eigenvalue weighted by Gasteiger charge is -2.22. The molecule has 3 heterocycles. The molecule has 0 unspecified atom stereocenters. The van der Waals surface area contributed by atoms with Crippen LogP contribution in [0.2, 0.25) is 0 Å². The number of hydrogen-bond acceptors (Lipinski definition) is 6. The number of nitrogens with zero attached hydrogens (tertiary/aromatic N) is 3. The molecule has 0 aliphatic carbocycles. The molecule has 6 heteroatoms. The van der Waals surface area contributed by atoms with E-state index in [-0.39, 0.29) is 0 Å². The summed E-state index contributed by atoms with van der Waals surface area (Å²) in [5.74, 6) is 2.31. The third kappa shape index (κ3) is 6.74. The first-order valence-corrected chi connectivity index (χ1v) is 12.8. The van der Waals surface area contributed by atoms with Gasteiger partial charge < -0.3 is 13.9 Å². The predicted molar refractivity (Wildman–Crippen MR) is 140 cm³/mol. The van der Waals surface area contributed by atoms with Crippen LogP contribution in [0.3, 0.4) is 0 Å². The molecule has 0 bridgehead atoms. The fourth-order valence-electron chi connectivity index (χ4n) is 4.55. The fraction of sp³-hybridized carbons (Fsp3) is 0.414. The summed E-state index contributed by atoms with van der Waals surface area (Å²) in [4.78, 5) is 9.57. The van der Waals surface area contributed by atoms with E-state index in [4.69, 9.17) is 13.9 Å². The van der Waals surface area contributed by atoms with Crippen LogP contribution in [0.15, 0.2) is 71.2 Å². The predicted octanol–water partition coefficient (Wildman–Crippen LogP) is 5.56. The van der Waals surface area contributed by atoms with Crippen molar-refractivity contribution in [1.29, 1.82) is 0 Å². The van der Waals surface area contributed by atoms with Crippen LogP contribution in [0.25, 0.3) is 22.6 Å². The third-order valence-corrected chi connectivity index (χ3v) is 6.52. The Morgan fingerprint density at radius 1 is 0.743 bits per heavy atom. The largest absolute Gasteiger partial charge is 0.494 e. The minimum absolute atomic E-state index is 0.611. The number of ether oxygens (including phenoxy) is 2. The molecule has 0 spiro atoms. The zero-order valence-corrected chi connectivity index (χ0v) is 20.4. The molecule has 2 aliphatic rings. The van der Waals surface area contributed by atoms with Crippen LogP contribution in [0.4, 0.5) is 0 Å². The van der Waals surface area contributed by atoms with Gasteiger partial charge in [-0.1, -0.05) is 24.3 Å². The molecule has 0 radical (unpaired) electrons. The van der Waals surface area contributed by atoms with E-state index in [1.54, 1.807) is 0 Å². The van der Waals surface area contributed by atoms with E-state index in [2.05, 4.69) is 39.1 Å². The van der Waals surface area contributed by atoms with Crippen molar-refractivity contribution in [2.24, 2.45) is 0 Å². The molecule has 6 nitrogen and oxygen atoms in total. The van der Waals surface area contributed by atoms with Crippen LogP contribution >= 0.6 is 0 Å². The minimum Gasteiger partial charge on any atom is -0.494 e. The number of oxazole rings is 1. The van der Waals surface area contributed by atoms with Gasteiger partial charge in [0.05, 0.1) is 13.2 Å². The number of benzene rings is 2. The van der Waals surface area contributed by atoms with Crippen LogP contribution < -0.4 is 9.47 Å². The van der Waals surface area contributed by atoms with Crippen LogP contribution in [0.5, 0.6) is 11.5 Å². The Labute approximate surface area is 207 Å². The lowest BCUT2D eigenvalue weighted by atomic mass is 10.2. The summed E-state index contributed by atoms with van der Waals surface area (Å²) >= 11 is 0.